The van der Waals surface area contributed by atoms with Crippen LogP contribution >= 0.6 is 0 Å². The molecular formula is C18H26N2O. The summed E-state index contributed by atoms with van der Waals surface area (Å²) in [4.78, 5) is 4.30. The molecule has 1 atom stereocenters. The summed E-state index contributed by atoms with van der Waals surface area (Å²) in [5.41, 5.74) is 0.987. The quantitative estimate of drug-likeness (QED) is 0.832. The summed E-state index contributed by atoms with van der Waals surface area (Å²) in [5.74, 6) is 0. The predicted octanol–water partition coefficient (Wildman–Crippen LogP) is 4.09. The molecule has 1 aromatic carbocycles. The fourth-order valence-corrected chi connectivity index (χ4v) is 2.86. The maximum atomic E-state index is 6.01. The minimum Gasteiger partial charge on any atom is -0.374 e. The first-order valence-electron chi connectivity index (χ1n) is 7.80. The lowest BCUT2D eigenvalue weighted by Gasteiger charge is -2.36. The Morgan fingerprint density at radius 2 is 2.05 bits per heavy atom. The molecule has 0 saturated carbocycles. The Labute approximate surface area is 127 Å². The second-order valence-corrected chi connectivity index (χ2v) is 5.87. The van der Waals surface area contributed by atoms with Gasteiger partial charge in [-0.25, -0.2) is 0 Å². The van der Waals surface area contributed by atoms with Crippen molar-refractivity contribution >= 4 is 10.8 Å². The van der Waals surface area contributed by atoms with E-state index in [1.54, 1.807) is 0 Å². The van der Waals surface area contributed by atoms with Crippen molar-refractivity contribution in [3.05, 3.63) is 42.2 Å². The van der Waals surface area contributed by atoms with Crippen molar-refractivity contribution in [1.29, 1.82) is 0 Å². The van der Waals surface area contributed by atoms with Crippen molar-refractivity contribution < 1.29 is 4.74 Å². The van der Waals surface area contributed by atoms with Crippen LogP contribution in [0.25, 0.3) is 10.8 Å². The van der Waals surface area contributed by atoms with Gasteiger partial charge in [-0.15, -0.1) is 0 Å². The number of pyridine rings is 1. The van der Waals surface area contributed by atoms with Crippen molar-refractivity contribution in [3.8, 4) is 0 Å². The van der Waals surface area contributed by atoms with Gasteiger partial charge < -0.3 is 10.1 Å². The molecule has 114 valence electrons. The van der Waals surface area contributed by atoms with Gasteiger partial charge in [0.25, 0.3) is 0 Å². The maximum Gasteiger partial charge on any atom is 0.0820 e. The van der Waals surface area contributed by atoms with Gasteiger partial charge in [0.2, 0.25) is 0 Å². The first-order chi connectivity index (χ1) is 10.1. The summed E-state index contributed by atoms with van der Waals surface area (Å²) < 4.78 is 6.01. The van der Waals surface area contributed by atoms with Crippen LogP contribution in [0.1, 0.15) is 45.7 Å². The molecule has 1 N–H and O–H groups in total. The molecule has 2 aromatic rings. The first-order valence-corrected chi connectivity index (χ1v) is 7.80. The Kier molecular flexibility index (Phi) is 5.32. The number of benzene rings is 1. The largest absolute Gasteiger partial charge is 0.374 e. The smallest absolute Gasteiger partial charge is 0.0820 e. The summed E-state index contributed by atoms with van der Waals surface area (Å²) >= 11 is 0. The van der Waals surface area contributed by atoms with Gasteiger partial charge in [0.1, 0.15) is 0 Å². The van der Waals surface area contributed by atoms with Gasteiger partial charge in [0, 0.05) is 24.4 Å². The maximum absolute atomic E-state index is 6.01. The molecule has 1 aromatic heterocycles. The average Bonchev–Trinajstić information content (AvgIpc) is 2.47. The van der Waals surface area contributed by atoms with Crippen LogP contribution in [-0.4, -0.2) is 23.7 Å². The molecule has 3 heteroatoms. The molecule has 0 saturated heterocycles. The Balaban J connectivity index is 2.48. The molecule has 21 heavy (non-hydrogen) atoms. The van der Waals surface area contributed by atoms with E-state index in [-0.39, 0.29) is 11.6 Å². The van der Waals surface area contributed by atoms with Gasteiger partial charge in [-0.1, -0.05) is 25.1 Å². The standard InChI is InChI=1S/C18H26N2O/c1-5-11-20-17(18(3,4)21-6-2)15-9-7-8-14-10-12-19-13-16(14)15/h7-10,12-13,17,20H,5-6,11H2,1-4H3. The molecule has 0 spiro atoms. The normalized spacial score (nSPS) is 13.5. The zero-order valence-corrected chi connectivity index (χ0v) is 13.5. The highest BCUT2D eigenvalue weighted by atomic mass is 16.5. The van der Waals surface area contributed by atoms with Gasteiger partial charge in [0.15, 0.2) is 0 Å². The summed E-state index contributed by atoms with van der Waals surface area (Å²) in [6.07, 6.45) is 4.89. The molecule has 0 fully saturated rings. The van der Waals surface area contributed by atoms with E-state index in [1.165, 1.54) is 16.3 Å². The van der Waals surface area contributed by atoms with Crippen LogP contribution < -0.4 is 5.32 Å². The van der Waals surface area contributed by atoms with Gasteiger partial charge in [-0.2, -0.15) is 0 Å². The minimum absolute atomic E-state index is 0.144. The average molecular weight is 286 g/mol. The number of hydrogen-bond acceptors (Lipinski definition) is 3. The third-order valence-electron chi connectivity index (χ3n) is 3.84. The number of hydrogen-bond donors (Lipinski definition) is 1. The van der Waals surface area contributed by atoms with Crippen LogP contribution in [0.4, 0.5) is 0 Å². The van der Waals surface area contributed by atoms with Crippen LogP contribution in [0.15, 0.2) is 36.7 Å². The summed E-state index contributed by atoms with van der Waals surface area (Å²) in [6.45, 7) is 10.2. The Bertz CT molecular complexity index is 575. The van der Waals surface area contributed by atoms with Crippen molar-refractivity contribution in [3.63, 3.8) is 0 Å². The Morgan fingerprint density at radius 1 is 1.24 bits per heavy atom. The molecule has 0 aliphatic carbocycles. The monoisotopic (exact) mass is 286 g/mol. The van der Waals surface area contributed by atoms with Crippen LogP contribution in [0.5, 0.6) is 0 Å². The Morgan fingerprint density at radius 3 is 2.76 bits per heavy atom. The van der Waals surface area contributed by atoms with Gasteiger partial charge in [-0.05, 0) is 50.8 Å². The molecular weight excluding hydrogens is 260 g/mol. The van der Waals surface area contributed by atoms with Crippen molar-refractivity contribution in [2.24, 2.45) is 0 Å². The highest BCUT2D eigenvalue weighted by Crippen LogP contribution is 2.33. The summed E-state index contributed by atoms with van der Waals surface area (Å²) in [5, 5.41) is 6.07. The molecule has 0 aliphatic heterocycles. The van der Waals surface area contributed by atoms with E-state index in [2.05, 4.69) is 55.3 Å². The number of ether oxygens (including phenoxy) is 1. The molecule has 3 nitrogen and oxygen atoms in total. The second-order valence-electron chi connectivity index (χ2n) is 5.87. The van der Waals surface area contributed by atoms with Crippen molar-refractivity contribution in [1.82, 2.24) is 10.3 Å². The summed E-state index contributed by atoms with van der Waals surface area (Å²) in [7, 11) is 0. The van der Waals surface area contributed by atoms with E-state index in [4.69, 9.17) is 4.74 Å². The fourth-order valence-electron chi connectivity index (χ4n) is 2.86. The molecule has 1 heterocycles. The van der Waals surface area contributed by atoms with E-state index in [0.717, 1.165) is 13.0 Å². The van der Waals surface area contributed by atoms with Crippen molar-refractivity contribution in [2.75, 3.05) is 13.2 Å². The van der Waals surface area contributed by atoms with E-state index in [9.17, 15) is 0 Å². The van der Waals surface area contributed by atoms with E-state index in [0.29, 0.717) is 6.61 Å². The molecule has 1 unspecified atom stereocenters. The third kappa shape index (κ3) is 3.60. The van der Waals surface area contributed by atoms with E-state index >= 15 is 0 Å². The molecule has 0 amide bonds. The molecule has 0 radical (unpaired) electrons. The zero-order valence-electron chi connectivity index (χ0n) is 13.5. The number of aromatic nitrogens is 1. The number of nitrogens with one attached hydrogen (secondary N) is 1. The number of fused-ring (bicyclic) bond motifs is 1. The Hall–Kier alpha value is -1.45. The molecule has 0 bridgehead atoms. The molecule has 0 aliphatic rings. The second kappa shape index (κ2) is 7.01. The topological polar surface area (TPSA) is 34.2 Å². The lowest BCUT2D eigenvalue weighted by Crippen LogP contribution is -2.42. The lowest BCUT2D eigenvalue weighted by molar-refractivity contribution is -0.0388. The highest BCUT2D eigenvalue weighted by Gasteiger charge is 2.31. The van der Waals surface area contributed by atoms with E-state index in [1.807, 2.05) is 19.3 Å². The predicted molar refractivity (Wildman–Crippen MR) is 88.5 cm³/mol. The van der Waals surface area contributed by atoms with Gasteiger partial charge in [0.05, 0.1) is 11.6 Å². The van der Waals surface area contributed by atoms with Crippen molar-refractivity contribution in [2.45, 2.75) is 45.8 Å². The van der Waals surface area contributed by atoms with Gasteiger partial charge >= 0.3 is 0 Å². The van der Waals surface area contributed by atoms with Crippen LogP contribution in [-0.2, 0) is 4.74 Å². The number of rotatable bonds is 7. The summed E-state index contributed by atoms with van der Waals surface area (Å²) in [6, 6.07) is 8.62. The van der Waals surface area contributed by atoms with Crippen LogP contribution in [0, 0.1) is 0 Å². The third-order valence-corrected chi connectivity index (χ3v) is 3.84. The van der Waals surface area contributed by atoms with Crippen LogP contribution in [0.3, 0.4) is 0 Å². The molecule has 2 rings (SSSR count). The van der Waals surface area contributed by atoms with E-state index < -0.39 is 0 Å². The zero-order chi connectivity index (χ0) is 15.3. The van der Waals surface area contributed by atoms with Crippen LogP contribution in [0.2, 0.25) is 0 Å². The number of nitrogens with zero attached hydrogens (tertiary/aromatic N) is 1. The SMILES string of the molecule is CCCNC(c1cccc2ccncc12)C(C)(C)OCC. The minimum atomic E-state index is -0.270. The van der Waals surface area contributed by atoms with Gasteiger partial charge in [-0.3, -0.25) is 4.98 Å². The lowest BCUT2D eigenvalue weighted by atomic mass is 9.88. The first kappa shape index (κ1) is 15.9. The fraction of sp³-hybridized carbons (Fsp3) is 0.500. The highest BCUT2D eigenvalue weighted by molar-refractivity contribution is 5.85.